The number of amides is 2. The summed E-state index contributed by atoms with van der Waals surface area (Å²) in [6.07, 6.45) is 0.535. The van der Waals surface area contributed by atoms with E-state index >= 15 is 0 Å². The fraction of sp³-hybridized carbons (Fsp3) is 0.375. The van der Waals surface area contributed by atoms with E-state index in [2.05, 4.69) is 4.98 Å². The summed E-state index contributed by atoms with van der Waals surface area (Å²) >= 11 is 0. The molecule has 1 saturated heterocycles. The first-order valence-corrected chi connectivity index (χ1v) is 7.16. The Morgan fingerprint density at radius 3 is 2.59 bits per heavy atom. The van der Waals surface area contributed by atoms with E-state index in [1.807, 2.05) is 6.07 Å². The third-order valence-corrected chi connectivity index (χ3v) is 4.40. The summed E-state index contributed by atoms with van der Waals surface area (Å²) in [5, 5.41) is 0.474. The highest BCUT2D eigenvalue weighted by atomic mass is 16.2. The van der Waals surface area contributed by atoms with E-state index < -0.39 is 5.54 Å². The normalized spacial score (nSPS) is 22.4. The van der Waals surface area contributed by atoms with Gasteiger partial charge in [0.2, 0.25) is 5.91 Å². The van der Waals surface area contributed by atoms with Crippen molar-refractivity contribution < 1.29 is 9.59 Å². The van der Waals surface area contributed by atoms with Crippen LogP contribution in [-0.4, -0.2) is 33.3 Å². The first kappa shape index (κ1) is 14.4. The minimum Gasteiger partial charge on any atom is -0.284 e. The molecule has 1 aliphatic heterocycles. The highest BCUT2D eigenvalue weighted by molar-refractivity contribution is 6.01. The molecule has 3 rings (SSSR count). The number of fused-ring (bicyclic) bond motifs is 1. The molecule has 0 radical (unpaired) electrons. The molecule has 1 fully saturated rings. The van der Waals surface area contributed by atoms with Gasteiger partial charge in [0.25, 0.3) is 11.5 Å². The Labute approximate surface area is 127 Å². The van der Waals surface area contributed by atoms with Gasteiger partial charge in [-0.1, -0.05) is 12.1 Å². The molecule has 1 atom stereocenters. The standard InChI is InChI=1S/C16H17N3O3/c1-10-17-12-7-5-4-6-11(12)14(21)19(10)16(2)9-8-13(20)18(3)15(16)22/h4-7H,8-9H2,1-3H3. The van der Waals surface area contributed by atoms with E-state index in [-0.39, 0.29) is 23.8 Å². The van der Waals surface area contributed by atoms with Crippen LogP contribution in [0.4, 0.5) is 0 Å². The second-order valence-electron chi connectivity index (χ2n) is 5.85. The Bertz CT molecular complexity index is 855. The lowest BCUT2D eigenvalue weighted by Gasteiger charge is -2.38. The molecule has 6 heteroatoms. The summed E-state index contributed by atoms with van der Waals surface area (Å²) in [6, 6.07) is 7.06. The van der Waals surface area contributed by atoms with Crippen molar-refractivity contribution in [3.63, 3.8) is 0 Å². The molecule has 1 aromatic heterocycles. The van der Waals surface area contributed by atoms with Crippen molar-refractivity contribution in [2.45, 2.75) is 32.2 Å². The quantitative estimate of drug-likeness (QED) is 0.742. The van der Waals surface area contributed by atoms with Crippen LogP contribution in [0.3, 0.4) is 0 Å². The maximum atomic E-state index is 12.9. The van der Waals surface area contributed by atoms with Crippen LogP contribution in [0.1, 0.15) is 25.6 Å². The van der Waals surface area contributed by atoms with E-state index in [1.54, 1.807) is 32.0 Å². The molecular weight excluding hydrogens is 282 g/mol. The summed E-state index contributed by atoms with van der Waals surface area (Å²) in [4.78, 5) is 42.7. The van der Waals surface area contributed by atoms with Crippen molar-refractivity contribution in [3.05, 3.63) is 40.4 Å². The number of nitrogens with zero attached hydrogens (tertiary/aromatic N) is 3. The van der Waals surface area contributed by atoms with Crippen LogP contribution < -0.4 is 5.56 Å². The number of para-hydroxylation sites is 1. The second-order valence-corrected chi connectivity index (χ2v) is 5.85. The van der Waals surface area contributed by atoms with Crippen LogP contribution >= 0.6 is 0 Å². The average molecular weight is 299 g/mol. The Hall–Kier alpha value is -2.50. The van der Waals surface area contributed by atoms with Gasteiger partial charge in [-0.15, -0.1) is 0 Å². The summed E-state index contributed by atoms with van der Waals surface area (Å²) in [6.45, 7) is 3.41. The number of carbonyl (C=O) groups is 2. The summed E-state index contributed by atoms with van der Waals surface area (Å²) in [5.74, 6) is -0.116. The molecule has 6 nitrogen and oxygen atoms in total. The second kappa shape index (κ2) is 4.76. The lowest BCUT2D eigenvalue weighted by Crippen LogP contribution is -2.57. The predicted octanol–water partition coefficient (Wildman–Crippen LogP) is 1.20. The zero-order valence-electron chi connectivity index (χ0n) is 12.8. The van der Waals surface area contributed by atoms with E-state index in [0.717, 1.165) is 4.90 Å². The van der Waals surface area contributed by atoms with Gasteiger partial charge in [-0.2, -0.15) is 0 Å². The number of benzene rings is 1. The average Bonchev–Trinajstić information content (AvgIpc) is 2.49. The van der Waals surface area contributed by atoms with Crippen molar-refractivity contribution >= 4 is 22.7 Å². The van der Waals surface area contributed by atoms with Gasteiger partial charge in [0.15, 0.2) is 0 Å². The number of likely N-dealkylation sites (tertiary alicyclic amines) is 1. The third-order valence-electron chi connectivity index (χ3n) is 4.40. The van der Waals surface area contributed by atoms with Gasteiger partial charge in [-0.05, 0) is 32.4 Å². The molecule has 2 amide bonds. The smallest absolute Gasteiger partial charge is 0.262 e. The molecule has 1 aromatic carbocycles. The van der Waals surface area contributed by atoms with Crippen molar-refractivity contribution in [1.82, 2.24) is 14.5 Å². The Morgan fingerprint density at radius 2 is 1.86 bits per heavy atom. The number of aromatic nitrogens is 2. The number of aryl methyl sites for hydroxylation is 1. The first-order chi connectivity index (χ1) is 10.4. The molecule has 0 aliphatic carbocycles. The molecule has 1 aliphatic rings. The Balaban J connectivity index is 2.28. The number of hydrogen-bond donors (Lipinski definition) is 0. The summed E-state index contributed by atoms with van der Waals surface area (Å²) in [5.41, 5.74) is -0.722. The van der Waals surface area contributed by atoms with Gasteiger partial charge in [0.1, 0.15) is 11.4 Å². The van der Waals surface area contributed by atoms with Crippen LogP contribution in [0, 0.1) is 6.92 Å². The van der Waals surface area contributed by atoms with Gasteiger partial charge >= 0.3 is 0 Å². The van der Waals surface area contributed by atoms with Crippen LogP contribution in [0.5, 0.6) is 0 Å². The van der Waals surface area contributed by atoms with E-state index in [9.17, 15) is 14.4 Å². The Morgan fingerprint density at radius 1 is 1.18 bits per heavy atom. The van der Waals surface area contributed by atoms with E-state index in [0.29, 0.717) is 23.1 Å². The maximum Gasteiger partial charge on any atom is 0.262 e. The Kier molecular flexibility index (Phi) is 3.12. The highest BCUT2D eigenvalue weighted by Gasteiger charge is 2.45. The van der Waals surface area contributed by atoms with Gasteiger partial charge in [-0.3, -0.25) is 23.9 Å². The molecular formula is C16H17N3O3. The lowest BCUT2D eigenvalue weighted by molar-refractivity contribution is -0.154. The van der Waals surface area contributed by atoms with Crippen LogP contribution in [0.2, 0.25) is 0 Å². The van der Waals surface area contributed by atoms with Crippen molar-refractivity contribution in [1.29, 1.82) is 0 Å². The van der Waals surface area contributed by atoms with Crippen molar-refractivity contribution in [2.24, 2.45) is 0 Å². The van der Waals surface area contributed by atoms with E-state index in [1.165, 1.54) is 11.6 Å². The maximum absolute atomic E-state index is 12.9. The SMILES string of the molecule is Cc1nc2ccccc2c(=O)n1C1(C)CCC(=O)N(C)C1=O. The minimum absolute atomic E-state index is 0.220. The molecule has 0 N–H and O–H groups in total. The predicted molar refractivity (Wildman–Crippen MR) is 81.4 cm³/mol. The number of likely N-dealkylation sites (N-methyl/N-ethyl adjacent to an activating group) is 1. The lowest BCUT2D eigenvalue weighted by atomic mass is 9.89. The molecule has 1 unspecified atom stereocenters. The van der Waals surface area contributed by atoms with Crippen LogP contribution in [0.25, 0.3) is 10.9 Å². The molecule has 2 aromatic rings. The largest absolute Gasteiger partial charge is 0.284 e. The monoisotopic (exact) mass is 299 g/mol. The van der Waals surface area contributed by atoms with Gasteiger partial charge in [0.05, 0.1) is 10.9 Å². The van der Waals surface area contributed by atoms with Gasteiger partial charge in [-0.25, -0.2) is 4.98 Å². The molecule has 114 valence electrons. The van der Waals surface area contributed by atoms with Crippen molar-refractivity contribution in [3.8, 4) is 0 Å². The number of hydrogen-bond acceptors (Lipinski definition) is 4. The van der Waals surface area contributed by atoms with Crippen LogP contribution in [-0.2, 0) is 15.1 Å². The van der Waals surface area contributed by atoms with Gasteiger partial charge in [0, 0.05) is 13.5 Å². The number of carbonyl (C=O) groups excluding carboxylic acids is 2. The first-order valence-electron chi connectivity index (χ1n) is 7.16. The number of rotatable bonds is 1. The van der Waals surface area contributed by atoms with Gasteiger partial charge < -0.3 is 0 Å². The molecule has 0 spiro atoms. The fourth-order valence-electron chi connectivity index (χ4n) is 3.13. The van der Waals surface area contributed by atoms with Crippen molar-refractivity contribution in [2.75, 3.05) is 7.05 Å². The summed E-state index contributed by atoms with van der Waals surface area (Å²) in [7, 11) is 1.46. The summed E-state index contributed by atoms with van der Waals surface area (Å²) < 4.78 is 1.43. The van der Waals surface area contributed by atoms with E-state index in [4.69, 9.17) is 0 Å². The third kappa shape index (κ3) is 1.87. The molecule has 2 heterocycles. The molecule has 0 saturated carbocycles. The number of imide groups is 1. The highest BCUT2D eigenvalue weighted by Crippen LogP contribution is 2.30. The number of piperidine rings is 1. The zero-order valence-corrected chi connectivity index (χ0v) is 12.8. The minimum atomic E-state index is -1.08. The fourth-order valence-corrected chi connectivity index (χ4v) is 3.13. The zero-order chi connectivity index (χ0) is 16.1. The topological polar surface area (TPSA) is 72.3 Å². The molecule has 22 heavy (non-hydrogen) atoms. The van der Waals surface area contributed by atoms with Crippen LogP contribution in [0.15, 0.2) is 29.1 Å². The molecule has 0 bridgehead atoms.